The monoisotopic (exact) mass is 367 g/mol. The highest BCUT2D eigenvalue weighted by atomic mass is 16.6. The van der Waals surface area contributed by atoms with Crippen molar-refractivity contribution in [1.82, 2.24) is 14.9 Å². The number of ether oxygens (including phenoxy) is 1. The van der Waals surface area contributed by atoms with Gasteiger partial charge in [-0.15, -0.1) is 0 Å². The van der Waals surface area contributed by atoms with Crippen LogP contribution in [0.3, 0.4) is 0 Å². The standard InChI is InChI=1S/C20H25N5O2/c1-2-27-20(26)24-12-9-16(10-13-24)22-19-21-11-7-18(23-19)25-14-8-15-5-3-4-6-17(15)25/h3-7,11,16H,2,8-10,12-14H2,1H3,(H,21,22,23). The Hall–Kier alpha value is -2.83. The fraction of sp³-hybridized carbons (Fsp3) is 0.450. The Bertz CT molecular complexity index is 804. The molecule has 1 aromatic carbocycles. The Balaban J connectivity index is 1.39. The van der Waals surface area contributed by atoms with Crippen molar-refractivity contribution in [3.05, 3.63) is 42.1 Å². The molecule has 1 saturated heterocycles. The van der Waals surface area contributed by atoms with Crippen LogP contribution in [0.4, 0.5) is 22.2 Å². The second-order valence-corrected chi connectivity index (χ2v) is 6.87. The number of carbonyl (C=O) groups excluding carboxylic acids is 1. The molecule has 0 atom stereocenters. The van der Waals surface area contributed by atoms with Gasteiger partial charge in [0.15, 0.2) is 0 Å². The summed E-state index contributed by atoms with van der Waals surface area (Å²) < 4.78 is 5.07. The third kappa shape index (κ3) is 3.82. The van der Waals surface area contributed by atoms with Crippen molar-refractivity contribution in [3.8, 4) is 0 Å². The number of nitrogens with zero attached hydrogens (tertiary/aromatic N) is 4. The zero-order chi connectivity index (χ0) is 18.6. The maximum atomic E-state index is 11.8. The highest BCUT2D eigenvalue weighted by Gasteiger charge is 2.25. The van der Waals surface area contributed by atoms with Crippen molar-refractivity contribution in [2.24, 2.45) is 0 Å². The molecule has 2 aliphatic rings. The van der Waals surface area contributed by atoms with Gasteiger partial charge in [0.05, 0.1) is 6.61 Å². The molecule has 0 bridgehead atoms. The van der Waals surface area contributed by atoms with E-state index in [9.17, 15) is 4.79 Å². The van der Waals surface area contributed by atoms with Crippen molar-refractivity contribution in [2.45, 2.75) is 32.2 Å². The number of aromatic nitrogens is 2. The molecule has 1 aromatic heterocycles. The van der Waals surface area contributed by atoms with Gasteiger partial charge >= 0.3 is 6.09 Å². The summed E-state index contributed by atoms with van der Waals surface area (Å²) in [5.74, 6) is 1.56. The Labute approximate surface area is 159 Å². The van der Waals surface area contributed by atoms with E-state index in [1.54, 1.807) is 11.1 Å². The van der Waals surface area contributed by atoms with Gasteiger partial charge in [-0.3, -0.25) is 0 Å². The predicted molar refractivity (Wildman–Crippen MR) is 104 cm³/mol. The van der Waals surface area contributed by atoms with Crippen LogP contribution in [0.1, 0.15) is 25.3 Å². The van der Waals surface area contributed by atoms with Crippen LogP contribution in [0, 0.1) is 0 Å². The van der Waals surface area contributed by atoms with Gasteiger partial charge in [-0.2, -0.15) is 4.98 Å². The number of hydrogen-bond donors (Lipinski definition) is 1. The molecule has 27 heavy (non-hydrogen) atoms. The molecular formula is C20H25N5O2. The van der Waals surface area contributed by atoms with Crippen molar-refractivity contribution < 1.29 is 9.53 Å². The van der Waals surface area contributed by atoms with Gasteiger partial charge in [0.1, 0.15) is 5.82 Å². The molecule has 0 spiro atoms. The maximum absolute atomic E-state index is 11.8. The number of amides is 1. The van der Waals surface area contributed by atoms with Crippen LogP contribution in [0.5, 0.6) is 0 Å². The van der Waals surface area contributed by atoms with Gasteiger partial charge in [-0.25, -0.2) is 9.78 Å². The van der Waals surface area contributed by atoms with E-state index in [0.717, 1.165) is 31.6 Å². The highest BCUT2D eigenvalue weighted by Crippen LogP contribution is 2.33. The summed E-state index contributed by atoms with van der Waals surface area (Å²) in [6, 6.07) is 10.7. The van der Waals surface area contributed by atoms with Crippen molar-refractivity contribution in [1.29, 1.82) is 0 Å². The number of fused-ring (bicyclic) bond motifs is 1. The van der Waals surface area contributed by atoms with Crippen LogP contribution in [-0.4, -0.2) is 53.2 Å². The number of carbonyl (C=O) groups is 1. The van der Waals surface area contributed by atoms with Crippen molar-refractivity contribution >= 4 is 23.5 Å². The largest absolute Gasteiger partial charge is 0.450 e. The second kappa shape index (κ2) is 7.82. The molecule has 2 aliphatic heterocycles. The van der Waals surface area contributed by atoms with E-state index in [4.69, 9.17) is 9.72 Å². The molecule has 0 saturated carbocycles. The highest BCUT2D eigenvalue weighted by molar-refractivity contribution is 5.68. The van der Waals surface area contributed by atoms with Gasteiger partial charge in [0.25, 0.3) is 0 Å². The first-order chi connectivity index (χ1) is 13.2. The molecule has 1 amide bonds. The minimum atomic E-state index is -0.220. The molecule has 0 radical (unpaired) electrons. The number of piperidine rings is 1. The van der Waals surface area contributed by atoms with Crippen LogP contribution >= 0.6 is 0 Å². The summed E-state index contributed by atoms with van der Waals surface area (Å²) in [6.45, 7) is 4.56. The van der Waals surface area contributed by atoms with Crippen LogP contribution in [0.15, 0.2) is 36.5 Å². The molecule has 7 heteroatoms. The lowest BCUT2D eigenvalue weighted by Gasteiger charge is -2.31. The Kier molecular flexibility index (Phi) is 5.09. The molecule has 1 fully saturated rings. The van der Waals surface area contributed by atoms with Crippen molar-refractivity contribution in [3.63, 3.8) is 0 Å². The normalized spacial score (nSPS) is 16.9. The van der Waals surface area contributed by atoms with E-state index < -0.39 is 0 Å². The number of nitrogens with one attached hydrogen (secondary N) is 1. The quantitative estimate of drug-likeness (QED) is 0.895. The van der Waals surface area contributed by atoms with E-state index in [1.165, 1.54) is 11.3 Å². The van der Waals surface area contributed by atoms with Gasteiger partial charge in [-0.1, -0.05) is 18.2 Å². The van der Waals surface area contributed by atoms with Gasteiger partial charge < -0.3 is 19.9 Å². The molecule has 0 unspecified atom stereocenters. The summed E-state index contributed by atoms with van der Waals surface area (Å²) in [7, 11) is 0. The number of anilines is 3. The Morgan fingerprint density at radius 2 is 2.04 bits per heavy atom. The number of rotatable bonds is 4. The van der Waals surface area contributed by atoms with E-state index >= 15 is 0 Å². The lowest BCUT2D eigenvalue weighted by atomic mass is 10.1. The smallest absolute Gasteiger partial charge is 0.409 e. The second-order valence-electron chi connectivity index (χ2n) is 6.87. The molecule has 2 aromatic rings. The minimum absolute atomic E-state index is 0.220. The van der Waals surface area contributed by atoms with Crippen LogP contribution < -0.4 is 10.2 Å². The lowest BCUT2D eigenvalue weighted by Crippen LogP contribution is -2.42. The third-order valence-corrected chi connectivity index (χ3v) is 5.16. The third-order valence-electron chi connectivity index (χ3n) is 5.16. The van der Waals surface area contributed by atoms with Gasteiger partial charge in [-0.05, 0) is 43.9 Å². The fourth-order valence-corrected chi connectivity index (χ4v) is 3.75. The van der Waals surface area contributed by atoms with E-state index in [2.05, 4.69) is 39.5 Å². The van der Waals surface area contributed by atoms with Gasteiger partial charge in [0.2, 0.25) is 5.95 Å². The summed E-state index contributed by atoms with van der Waals surface area (Å²) in [5, 5.41) is 3.43. The maximum Gasteiger partial charge on any atom is 0.409 e. The Morgan fingerprint density at radius 1 is 1.22 bits per heavy atom. The first-order valence-electron chi connectivity index (χ1n) is 9.61. The zero-order valence-corrected chi connectivity index (χ0v) is 15.6. The molecule has 4 rings (SSSR count). The fourth-order valence-electron chi connectivity index (χ4n) is 3.75. The first-order valence-corrected chi connectivity index (χ1v) is 9.61. The molecule has 3 heterocycles. The van der Waals surface area contributed by atoms with E-state index in [0.29, 0.717) is 25.6 Å². The molecule has 0 aliphatic carbocycles. The first kappa shape index (κ1) is 17.6. The van der Waals surface area contributed by atoms with Gasteiger partial charge in [0, 0.05) is 37.6 Å². The predicted octanol–water partition coefficient (Wildman–Crippen LogP) is 3.20. The zero-order valence-electron chi connectivity index (χ0n) is 15.6. The summed E-state index contributed by atoms with van der Waals surface area (Å²) >= 11 is 0. The lowest BCUT2D eigenvalue weighted by molar-refractivity contribution is 0.0983. The van der Waals surface area contributed by atoms with Crippen molar-refractivity contribution in [2.75, 3.05) is 36.5 Å². The summed E-state index contributed by atoms with van der Waals surface area (Å²) in [6.07, 6.45) is 4.34. The molecule has 1 N–H and O–H groups in total. The van der Waals surface area contributed by atoms with Crippen LogP contribution in [0.25, 0.3) is 0 Å². The Morgan fingerprint density at radius 3 is 2.85 bits per heavy atom. The topological polar surface area (TPSA) is 70.6 Å². The summed E-state index contributed by atoms with van der Waals surface area (Å²) in [5.41, 5.74) is 2.59. The molecular weight excluding hydrogens is 342 g/mol. The number of benzene rings is 1. The van der Waals surface area contributed by atoms with Crippen LogP contribution in [-0.2, 0) is 11.2 Å². The molecule has 142 valence electrons. The summed E-state index contributed by atoms with van der Waals surface area (Å²) in [4.78, 5) is 24.9. The SMILES string of the molecule is CCOC(=O)N1CCC(Nc2nccc(N3CCc4ccccc43)n2)CC1. The number of likely N-dealkylation sites (tertiary alicyclic amines) is 1. The average Bonchev–Trinajstić information content (AvgIpc) is 3.13. The minimum Gasteiger partial charge on any atom is -0.450 e. The average molecular weight is 367 g/mol. The van der Waals surface area contributed by atoms with E-state index in [-0.39, 0.29) is 12.1 Å². The van der Waals surface area contributed by atoms with Crippen LogP contribution in [0.2, 0.25) is 0 Å². The number of para-hydroxylation sites is 1. The molecule has 7 nitrogen and oxygen atoms in total. The number of hydrogen-bond acceptors (Lipinski definition) is 6. The van der Waals surface area contributed by atoms with E-state index in [1.807, 2.05) is 13.0 Å².